The number of nitrogen functional groups attached to an aromatic ring is 1. The van der Waals surface area contributed by atoms with Crippen LogP contribution in [0.2, 0.25) is 0 Å². The lowest BCUT2D eigenvalue weighted by Crippen LogP contribution is -2.51. The Kier molecular flexibility index (Phi) is 6.72. The molecule has 2 unspecified atom stereocenters. The predicted molar refractivity (Wildman–Crippen MR) is 144 cm³/mol. The molecule has 9 nitrogen and oxygen atoms in total. The van der Waals surface area contributed by atoms with Gasteiger partial charge in [0.2, 0.25) is 17.6 Å². The second-order valence-corrected chi connectivity index (χ2v) is 11.3. The zero-order chi connectivity index (χ0) is 29.1. The van der Waals surface area contributed by atoms with Gasteiger partial charge in [-0.15, -0.1) is 0 Å². The highest BCUT2D eigenvalue weighted by molar-refractivity contribution is 6.40. The number of allylic oxidation sites excluding steroid dienone is 6. The molecule has 1 spiro atoms. The van der Waals surface area contributed by atoms with E-state index in [9.17, 15) is 23.6 Å². The number of aliphatic imine (C=N–C) groups is 1. The lowest BCUT2D eigenvalue weighted by molar-refractivity contribution is -0.147. The number of carbonyl (C=O) groups excluding carboxylic acids is 4. The third-order valence-corrected chi connectivity index (χ3v) is 8.86. The number of hydrogen-bond donors (Lipinski definition) is 1. The van der Waals surface area contributed by atoms with Crippen molar-refractivity contribution in [3.8, 4) is 0 Å². The average Bonchev–Trinajstić information content (AvgIpc) is 3.48. The summed E-state index contributed by atoms with van der Waals surface area (Å²) in [5.41, 5.74) is 5.68. The van der Waals surface area contributed by atoms with Crippen molar-refractivity contribution in [2.45, 2.75) is 38.1 Å². The number of nitrogens with zero attached hydrogens (tertiary/aromatic N) is 3. The van der Waals surface area contributed by atoms with E-state index in [1.807, 2.05) is 0 Å². The number of ketones is 2. The Balaban J connectivity index is 1.43. The van der Waals surface area contributed by atoms with Gasteiger partial charge in [-0.25, -0.2) is 9.37 Å². The average molecular weight is 583 g/mol. The van der Waals surface area contributed by atoms with Crippen LogP contribution in [0.15, 0.2) is 62.4 Å². The van der Waals surface area contributed by atoms with Crippen molar-refractivity contribution in [2.24, 2.45) is 16.3 Å². The molecule has 0 radical (unpaired) electrons. The summed E-state index contributed by atoms with van der Waals surface area (Å²) in [6.07, 6.45) is 7.16. The van der Waals surface area contributed by atoms with Gasteiger partial charge in [0.05, 0.1) is 23.2 Å². The van der Waals surface area contributed by atoms with E-state index in [0.29, 0.717) is 17.6 Å². The first kappa shape index (κ1) is 27.2. The normalized spacial score (nSPS) is 26.7. The Morgan fingerprint density at radius 2 is 1.93 bits per heavy atom. The van der Waals surface area contributed by atoms with E-state index in [1.54, 1.807) is 4.90 Å². The number of pyridine rings is 1. The molecule has 0 aromatic carbocycles. The maximum atomic E-state index is 15.2. The van der Waals surface area contributed by atoms with Crippen LogP contribution in [-0.2, 0) is 19.1 Å². The molecule has 12 heteroatoms. The van der Waals surface area contributed by atoms with Crippen LogP contribution >= 0.6 is 11.6 Å². The highest BCUT2D eigenvalue weighted by atomic mass is 35.5. The van der Waals surface area contributed by atoms with Crippen LogP contribution in [-0.4, -0.2) is 65.3 Å². The SMILES string of the molecule is Nc1ccc(C(=O)COC(=O)C2CN3C(=O)CC4(CCCC4)C3C3=C2C2=CC(=O)C=C(F)/C2=C(\Cl)C=NC3)c(F)n1. The van der Waals surface area contributed by atoms with Crippen LogP contribution in [0.25, 0.3) is 0 Å². The molecule has 2 fully saturated rings. The highest BCUT2D eigenvalue weighted by Gasteiger charge is 2.58. The molecule has 2 atom stereocenters. The number of ether oxygens (including phenoxy) is 1. The lowest BCUT2D eigenvalue weighted by atomic mass is 9.69. The van der Waals surface area contributed by atoms with E-state index < -0.39 is 53.4 Å². The highest BCUT2D eigenvalue weighted by Crippen LogP contribution is 2.56. The van der Waals surface area contributed by atoms with Gasteiger partial charge in [0.15, 0.2) is 12.4 Å². The van der Waals surface area contributed by atoms with Crippen molar-refractivity contribution >= 4 is 47.1 Å². The number of anilines is 1. The van der Waals surface area contributed by atoms with Gasteiger partial charge < -0.3 is 15.4 Å². The summed E-state index contributed by atoms with van der Waals surface area (Å²) in [6.45, 7) is -0.840. The maximum absolute atomic E-state index is 15.2. The molecular weight excluding hydrogens is 558 g/mol. The first-order chi connectivity index (χ1) is 19.6. The number of nitrogens with two attached hydrogens (primary N) is 1. The van der Waals surface area contributed by atoms with Crippen molar-refractivity contribution in [2.75, 3.05) is 25.4 Å². The quantitative estimate of drug-likeness (QED) is 0.326. The summed E-state index contributed by atoms with van der Waals surface area (Å²) in [4.78, 5) is 61.7. The Hall–Kier alpha value is -3.99. The molecule has 1 saturated carbocycles. The molecule has 1 amide bonds. The summed E-state index contributed by atoms with van der Waals surface area (Å²) < 4.78 is 34.8. The van der Waals surface area contributed by atoms with Gasteiger partial charge in [-0.1, -0.05) is 24.4 Å². The third-order valence-electron chi connectivity index (χ3n) is 8.58. The lowest BCUT2D eigenvalue weighted by Gasteiger charge is -2.44. The third kappa shape index (κ3) is 4.52. The van der Waals surface area contributed by atoms with E-state index >= 15 is 4.39 Å². The van der Waals surface area contributed by atoms with Crippen molar-refractivity contribution in [1.82, 2.24) is 9.88 Å². The van der Waals surface area contributed by atoms with Gasteiger partial charge in [0.25, 0.3) is 0 Å². The molecule has 0 bridgehead atoms. The summed E-state index contributed by atoms with van der Waals surface area (Å²) in [7, 11) is 0. The number of amides is 1. The van der Waals surface area contributed by atoms with Crippen LogP contribution in [0.4, 0.5) is 14.6 Å². The predicted octanol–water partition coefficient (Wildman–Crippen LogP) is 3.56. The fourth-order valence-corrected chi connectivity index (χ4v) is 7.21. The molecule has 212 valence electrons. The van der Waals surface area contributed by atoms with Crippen LogP contribution in [0.1, 0.15) is 42.5 Å². The van der Waals surface area contributed by atoms with Crippen molar-refractivity contribution < 1.29 is 32.7 Å². The molecule has 2 aliphatic carbocycles. The standard InChI is InChI=1S/C29H25ClF2N4O5/c30-19-11-34-10-17-24(16-7-14(37)8-20(31)25(16)19)18(12-36-23(39)9-29(26(17)36)5-1-2-6-29)28(40)41-13-21(38)15-3-4-22(33)35-27(15)32/h3-4,7-8,11,18,26H,1-2,5-6,9-10,12-13H2,(H2,33,35)/b25-19-,34-11?. The minimum absolute atomic E-state index is 0.0434. The van der Waals surface area contributed by atoms with E-state index in [1.165, 1.54) is 18.4 Å². The minimum Gasteiger partial charge on any atom is -0.457 e. The van der Waals surface area contributed by atoms with E-state index in [4.69, 9.17) is 22.1 Å². The molecule has 2 N–H and O–H groups in total. The molecule has 6 rings (SSSR count). The number of fused-ring (bicyclic) bond motifs is 5. The molecule has 5 aliphatic rings. The number of Topliss-reactive ketones (excluding diaryl/α,β-unsaturated/α-hetero) is 1. The molecule has 4 heterocycles. The Bertz CT molecular complexity index is 1570. The van der Waals surface area contributed by atoms with Gasteiger partial charge in [0.1, 0.15) is 17.6 Å². The summed E-state index contributed by atoms with van der Waals surface area (Å²) >= 11 is 6.42. The van der Waals surface area contributed by atoms with E-state index in [-0.39, 0.29) is 46.4 Å². The van der Waals surface area contributed by atoms with Crippen LogP contribution in [0, 0.1) is 17.3 Å². The Morgan fingerprint density at radius 3 is 2.66 bits per heavy atom. The largest absolute Gasteiger partial charge is 0.457 e. The number of halogens is 3. The maximum Gasteiger partial charge on any atom is 0.315 e. The number of rotatable bonds is 4. The minimum atomic E-state index is -1.18. The smallest absolute Gasteiger partial charge is 0.315 e. The topological polar surface area (TPSA) is 132 Å². The Morgan fingerprint density at radius 1 is 1.17 bits per heavy atom. The number of carbonyl (C=O) groups is 4. The first-order valence-electron chi connectivity index (χ1n) is 13.3. The number of esters is 1. The van der Waals surface area contributed by atoms with Gasteiger partial charge in [-0.3, -0.25) is 24.2 Å². The fourth-order valence-electron chi connectivity index (χ4n) is 6.95. The first-order valence-corrected chi connectivity index (χ1v) is 13.7. The second-order valence-electron chi connectivity index (χ2n) is 10.9. The monoisotopic (exact) mass is 582 g/mol. The van der Waals surface area contributed by atoms with E-state index in [2.05, 4.69) is 9.98 Å². The molecular formula is C29H25ClF2N4O5. The van der Waals surface area contributed by atoms with Crippen molar-refractivity contribution in [3.05, 3.63) is 68.9 Å². The van der Waals surface area contributed by atoms with Crippen LogP contribution < -0.4 is 5.73 Å². The van der Waals surface area contributed by atoms with Crippen LogP contribution in [0.5, 0.6) is 0 Å². The zero-order valence-electron chi connectivity index (χ0n) is 21.8. The van der Waals surface area contributed by atoms with Gasteiger partial charge in [-0.05, 0) is 47.8 Å². The zero-order valence-corrected chi connectivity index (χ0v) is 22.5. The molecule has 1 aromatic rings. The van der Waals surface area contributed by atoms with Gasteiger partial charge in [0, 0.05) is 36.2 Å². The van der Waals surface area contributed by atoms with E-state index in [0.717, 1.165) is 37.8 Å². The molecule has 1 saturated heterocycles. The molecule has 3 aliphatic heterocycles. The second kappa shape index (κ2) is 10.1. The van der Waals surface area contributed by atoms with Crippen molar-refractivity contribution in [1.29, 1.82) is 0 Å². The van der Waals surface area contributed by atoms with Crippen LogP contribution in [0.3, 0.4) is 0 Å². The molecule has 41 heavy (non-hydrogen) atoms. The van der Waals surface area contributed by atoms with Gasteiger partial charge >= 0.3 is 5.97 Å². The van der Waals surface area contributed by atoms with Crippen molar-refractivity contribution in [3.63, 3.8) is 0 Å². The summed E-state index contributed by atoms with van der Waals surface area (Å²) in [5.74, 6) is -5.74. The van der Waals surface area contributed by atoms with Gasteiger partial charge in [-0.2, -0.15) is 4.39 Å². The summed E-state index contributed by atoms with van der Waals surface area (Å²) in [5, 5.41) is -0.0434. The fraction of sp³-hybridized carbons (Fsp3) is 0.379. The summed E-state index contributed by atoms with van der Waals surface area (Å²) in [6, 6.07) is 1.99. The number of hydrogen-bond acceptors (Lipinski definition) is 8. The number of aromatic nitrogens is 1. The molecule has 1 aromatic heterocycles. The Labute approximate surface area is 238 Å².